The number of nitrogens with zero attached hydrogens (tertiary/aromatic N) is 5. The maximum atomic E-state index is 12.8. The van der Waals surface area contributed by atoms with E-state index in [-0.39, 0.29) is 46.3 Å². The first-order valence-electron chi connectivity index (χ1n) is 11.0. The molecule has 2 aromatic heterocycles. The molecule has 5 rings (SSSR count). The number of hydrogen-bond acceptors (Lipinski definition) is 10. The number of hydrogen-bond donors (Lipinski definition) is 4. The molecule has 33 heavy (non-hydrogen) atoms. The summed E-state index contributed by atoms with van der Waals surface area (Å²) in [7, 11) is -3.75. The van der Waals surface area contributed by atoms with Crippen LogP contribution in [-0.2, 0) is 9.84 Å². The quantitative estimate of drug-likeness (QED) is 0.352. The van der Waals surface area contributed by atoms with Crippen LogP contribution in [0.15, 0.2) is 35.5 Å². The molecule has 2 unspecified atom stereocenters. The molecule has 176 valence electrons. The number of sulfone groups is 1. The zero-order valence-corrected chi connectivity index (χ0v) is 18.8. The highest BCUT2D eigenvalue weighted by atomic mass is 32.2. The van der Waals surface area contributed by atoms with Crippen LogP contribution in [0.3, 0.4) is 0 Å². The van der Waals surface area contributed by atoms with Gasteiger partial charge < -0.3 is 20.6 Å². The summed E-state index contributed by atoms with van der Waals surface area (Å²) >= 11 is 0. The minimum absolute atomic E-state index is 0.0311. The Morgan fingerprint density at radius 1 is 1.09 bits per heavy atom. The van der Waals surface area contributed by atoms with Gasteiger partial charge in [0, 0.05) is 18.4 Å². The van der Waals surface area contributed by atoms with Crippen molar-refractivity contribution < 1.29 is 23.7 Å². The van der Waals surface area contributed by atoms with Crippen molar-refractivity contribution in [2.24, 2.45) is 0 Å². The molecule has 12 heteroatoms. The van der Waals surface area contributed by atoms with Gasteiger partial charge in [-0.25, -0.2) is 13.1 Å². The van der Waals surface area contributed by atoms with Crippen LogP contribution >= 0.6 is 0 Å². The van der Waals surface area contributed by atoms with Crippen molar-refractivity contribution in [3.05, 3.63) is 35.9 Å². The van der Waals surface area contributed by atoms with Crippen LogP contribution in [0.4, 0.5) is 5.82 Å². The molecule has 2 fully saturated rings. The predicted octanol–water partition coefficient (Wildman–Crippen LogP) is 0.400. The summed E-state index contributed by atoms with van der Waals surface area (Å²) in [5.74, 6) is 0.417. The van der Waals surface area contributed by atoms with Crippen molar-refractivity contribution in [3.63, 3.8) is 0 Å². The number of aliphatic hydroxyl groups is 3. The summed E-state index contributed by atoms with van der Waals surface area (Å²) in [6.07, 6.45) is -2.47. The van der Waals surface area contributed by atoms with E-state index in [2.05, 4.69) is 25.6 Å². The number of rotatable bonds is 7. The Bertz CT molecular complexity index is 1270. The van der Waals surface area contributed by atoms with Gasteiger partial charge >= 0.3 is 0 Å². The topological polar surface area (TPSA) is 163 Å². The van der Waals surface area contributed by atoms with Crippen LogP contribution < -0.4 is 5.32 Å². The molecule has 0 radical (unpaired) electrons. The Morgan fingerprint density at radius 2 is 1.85 bits per heavy atom. The van der Waals surface area contributed by atoms with E-state index in [1.54, 1.807) is 6.92 Å². The van der Waals surface area contributed by atoms with Crippen LogP contribution in [0.25, 0.3) is 11.2 Å². The lowest BCUT2D eigenvalue weighted by Crippen LogP contribution is -2.31. The van der Waals surface area contributed by atoms with Crippen LogP contribution in [-0.4, -0.2) is 78.8 Å². The summed E-state index contributed by atoms with van der Waals surface area (Å²) in [6, 6.07) is 9.26. The van der Waals surface area contributed by atoms with E-state index in [0.29, 0.717) is 6.42 Å². The molecule has 0 bridgehead atoms. The van der Waals surface area contributed by atoms with Gasteiger partial charge in [-0.2, -0.15) is 9.97 Å². The fraction of sp³-hybridized carbons (Fsp3) is 0.524. The van der Waals surface area contributed by atoms with Crippen molar-refractivity contribution in [3.8, 4) is 0 Å². The van der Waals surface area contributed by atoms with E-state index >= 15 is 0 Å². The van der Waals surface area contributed by atoms with E-state index in [1.807, 2.05) is 30.3 Å². The Kier molecular flexibility index (Phi) is 5.55. The molecule has 0 aliphatic heterocycles. The molecule has 2 saturated carbocycles. The lowest BCUT2D eigenvalue weighted by Gasteiger charge is -2.16. The first-order valence-corrected chi connectivity index (χ1v) is 12.7. The third-order valence-electron chi connectivity index (χ3n) is 6.33. The molecule has 2 aliphatic rings. The van der Waals surface area contributed by atoms with E-state index in [0.717, 1.165) is 6.42 Å². The van der Waals surface area contributed by atoms with Gasteiger partial charge in [0.2, 0.25) is 9.84 Å². The van der Waals surface area contributed by atoms with E-state index in [4.69, 9.17) is 0 Å². The smallest absolute Gasteiger partial charge is 0.251 e. The molecule has 6 atom stereocenters. The molecule has 1 aromatic carbocycles. The maximum absolute atomic E-state index is 12.8. The Balaban J connectivity index is 1.55. The van der Waals surface area contributed by atoms with Gasteiger partial charge in [0.05, 0.1) is 17.9 Å². The number of benzene rings is 1. The van der Waals surface area contributed by atoms with Crippen LogP contribution in [0.5, 0.6) is 0 Å². The number of nitrogens with one attached hydrogen (secondary N) is 1. The highest BCUT2D eigenvalue weighted by Crippen LogP contribution is 2.43. The van der Waals surface area contributed by atoms with Crippen LogP contribution in [0.1, 0.15) is 43.7 Å². The largest absolute Gasteiger partial charge is 0.390 e. The van der Waals surface area contributed by atoms with Gasteiger partial charge in [0.15, 0.2) is 17.0 Å². The van der Waals surface area contributed by atoms with Crippen molar-refractivity contribution >= 4 is 26.8 Å². The number of fused-ring (bicyclic) bond motifs is 1. The summed E-state index contributed by atoms with van der Waals surface area (Å²) in [5, 5.41) is 41.5. The molecule has 0 saturated heterocycles. The van der Waals surface area contributed by atoms with Gasteiger partial charge in [-0.1, -0.05) is 42.5 Å². The lowest BCUT2D eigenvalue weighted by atomic mass is 10.1. The van der Waals surface area contributed by atoms with Gasteiger partial charge in [-0.3, -0.25) is 0 Å². The average molecular weight is 475 g/mol. The molecular weight excluding hydrogens is 448 g/mol. The second-order valence-corrected chi connectivity index (χ2v) is 10.7. The standard InChI is InChI=1S/C21H26N6O5S/c1-2-8-33(31,32)21-23-19(22-13-9-12(13)11-6-4-3-5-7-11)16-20(24-21)27(26-25-16)14-10-15(28)18(30)17(14)29/h3-7,12-15,17-18,28-30H,2,8-10H2,1H3,(H,22,23,24)/t12?,13?,14-,15+,17+,18-/m1/s1. The molecule has 0 amide bonds. The van der Waals surface area contributed by atoms with Gasteiger partial charge in [-0.15, -0.1) is 5.10 Å². The zero-order chi connectivity index (χ0) is 23.3. The Labute approximate surface area is 190 Å². The van der Waals surface area contributed by atoms with Crippen molar-refractivity contribution in [2.75, 3.05) is 11.1 Å². The molecule has 3 aromatic rings. The molecular formula is C21H26N6O5S. The Hall–Kier alpha value is -2.67. The fourth-order valence-electron chi connectivity index (χ4n) is 4.46. The van der Waals surface area contributed by atoms with Crippen LogP contribution in [0.2, 0.25) is 0 Å². The maximum Gasteiger partial charge on any atom is 0.251 e. The van der Waals surface area contributed by atoms with E-state index < -0.39 is 34.2 Å². The third kappa shape index (κ3) is 3.97. The van der Waals surface area contributed by atoms with Crippen molar-refractivity contribution in [1.29, 1.82) is 0 Å². The summed E-state index contributed by atoms with van der Waals surface area (Å²) in [6.45, 7) is 1.76. The first kappa shape index (κ1) is 22.1. The predicted molar refractivity (Wildman–Crippen MR) is 118 cm³/mol. The molecule has 2 heterocycles. The number of aromatic nitrogens is 5. The minimum Gasteiger partial charge on any atom is -0.390 e. The summed E-state index contributed by atoms with van der Waals surface area (Å²) in [4.78, 5) is 8.55. The minimum atomic E-state index is -3.75. The van der Waals surface area contributed by atoms with Gasteiger partial charge in [0.1, 0.15) is 12.2 Å². The highest BCUT2D eigenvalue weighted by molar-refractivity contribution is 7.91. The summed E-state index contributed by atoms with van der Waals surface area (Å²) in [5.41, 5.74) is 1.58. The van der Waals surface area contributed by atoms with E-state index in [9.17, 15) is 23.7 Å². The average Bonchev–Trinajstić information content (AvgIpc) is 3.36. The summed E-state index contributed by atoms with van der Waals surface area (Å²) < 4.78 is 26.9. The monoisotopic (exact) mass is 474 g/mol. The molecule has 2 aliphatic carbocycles. The molecule has 11 nitrogen and oxygen atoms in total. The van der Waals surface area contributed by atoms with Crippen LogP contribution in [0, 0.1) is 0 Å². The van der Waals surface area contributed by atoms with Crippen molar-refractivity contribution in [2.45, 2.75) is 67.7 Å². The first-order chi connectivity index (χ1) is 15.8. The normalized spacial score (nSPS) is 29.5. The number of anilines is 1. The van der Waals surface area contributed by atoms with Gasteiger partial charge in [-0.05, 0) is 18.4 Å². The van der Waals surface area contributed by atoms with E-state index in [1.165, 1.54) is 10.2 Å². The SMILES string of the molecule is CCCS(=O)(=O)c1nc(NC2CC2c2ccccc2)c2nnn([C@@H]3C[C@H](O)[C@@H](O)[C@H]3O)c2n1. The molecule has 4 N–H and O–H groups in total. The number of aliphatic hydroxyl groups excluding tert-OH is 3. The Morgan fingerprint density at radius 3 is 2.52 bits per heavy atom. The van der Waals surface area contributed by atoms with Crippen molar-refractivity contribution in [1.82, 2.24) is 25.0 Å². The lowest BCUT2D eigenvalue weighted by molar-refractivity contribution is -0.0253. The molecule has 0 spiro atoms. The third-order valence-corrected chi connectivity index (χ3v) is 8.01. The second-order valence-electron chi connectivity index (χ2n) is 8.74. The highest BCUT2D eigenvalue weighted by Gasteiger charge is 2.44. The fourth-order valence-corrected chi connectivity index (χ4v) is 5.63. The van der Waals surface area contributed by atoms with Gasteiger partial charge in [0.25, 0.3) is 5.16 Å². The zero-order valence-electron chi connectivity index (χ0n) is 18.0. The second kappa shape index (κ2) is 8.28.